The standard InChI is InChI=1S/C15H22N6O2/c1-4-23-14(22)11-21(3)15-16-7-12(8-17-15)9-20(2)10-13-5-6-18-19-13/h5-8H,4,9-11H2,1-3H3,(H,18,19). The second-order valence-corrected chi connectivity index (χ2v) is 5.31. The third-order valence-corrected chi connectivity index (χ3v) is 3.16. The molecule has 0 amide bonds. The van der Waals surface area contributed by atoms with Gasteiger partial charge in [0.1, 0.15) is 6.54 Å². The fourth-order valence-corrected chi connectivity index (χ4v) is 2.13. The summed E-state index contributed by atoms with van der Waals surface area (Å²) in [6.07, 6.45) is 5.28. The summed E-state index contributed by atoms with van der Waals surface area (Å²) in [6.45, 7) is 3.77. The van der Waals surface area contributed by atoms with Crippen LogP contribution in [0.5, 0.6) is 0 Å². The summed E-state index contributed by atoms with van der Waals surface area (Å²) in [7, 11) is 3.78. The molecule has 124 valence electrons. The predicted molar refractivity (Wildman–Crippen MR) is 85.7 cm³/mol. The highest BCUT2D eigenvalue weighted by Gasteiger charge is 2.11. The van der Waals surface area contributed by atoms with E-state index in [0.29, 0.717) is 12.6 Å². The van der Waals surface area contributed by atoms with Crippen LogP contribution in [0.4, 0.5) is 5.95 Å². The van der Waals surface area contributed by atoms with E-state index in [1.54, 1.807) is 37.5 Å². The molecule has 2 aromatic rings. The number of hydrogen-bond donors (Lipinski definition) is 1. The smallest absolute Gasteiger partial charge is 0.325 e. The van der Waals surface area contributed by atoms with Crippen LogP contribution in [-0.4, -0.2) is 58.3 Å². The fraction of sp³-hybridized carbons (Fsp3) is 0.467. The normalized spacial score (nSPS) is 10.8. The molecule has 0 aliphatic rings. The van der Waals surface area contributed by atoms with E-state index in [9.17, 15) is 4.79 Å². The number of esters is 1. The van der Waals surface area contributed by atoms with Gasteiger partial charge in [0, 0.05) is 50.0 Å². The quantitative estimate of drug-likeness (QED) is 0.721. The van der Waals surface area contributed by atoms with Crippen LogP contribution in [0, 0.1) is 0 Å². The third kappa shape index (κ3) is 5.33. The lowest BCUT2D eigenvalue weighted by molar-refractivity contribution is -0.141. The predicted octanol–water partition coefficient (Wildman–Crippen LogP) is 0.831. The van der Waals surface area contributed by atoms with Gasteiger partial charge in [-0.3, -0.25) is 14.8 Å². The molecule has 23 heavy (non-hydrogen) atoms. The van der Waals surface area contributed by atoms with Crippen LogP contribution in [0.2, 0.25) is 0 Å². The minimum absolute atomic E-state index is 0.132. The minimum Gasteiger partial charge on any atom is -0.465 e. The van der Waals surface area contributed by atoms with Gasteiger partial charge in [-0.15, -0.1) is 0 Å². The number of carbonyl (C=O) groups excluding carboxylic acids is 1. The van der Waals surface area contributed by atoms with Crippen molar-refractivity contribution in [1.82, 2.24) is 25.1 Å². The topological polar surface area (TPSA) is 87.2 Å². The van der Waals surface area contributed by atoms with Crippen molar-refractivity contribution in [3.05, 3.63) is 35.9 Å². The van der Waals surface area contributed by atoms with Crippen molar-refractivity contribution in [2.45, 2.75) is 20.0 Å². The maximum atomic E-state index is 11.5. The second kappa shape index (κ2) is 8.23. The number of aromatic amines is 1. The molecular formula is C15H22N6O2. The molecule has 8 nitrogen and oxygen atoms in total. The van der Waals surface area contributed by atoms with E-state index >= 15 is 0 Å². The zero-order valence-corrected chi connectivity index (χ0v) is 13.7. The summed E-state index contributed by atoms with van der Waals surface area (Å²) < 4.78 is 4.91. The van der Waals surface area contributed by atoms with Gasteiger partial charge in [0.05, 0.1) is 6.61 Å². The minimum atomic E-state index is -0.290. The molecule has 2 aromatic heterocycles. The molecule has 0 radical (unpaired) electrons. The Labute approximate surface area is 135 Å². The zero-order valence-electron chi connectivity index (χ0n) is 13.7. The van der Waals surface area contributed by atoms with E-state index in [0.717, 1.165) is 24.3 Å². The molecule has 0 saturated heterocycles. The summed E-state index contributed by atoms with van der Waals surface area (Å²) in [5.41, 5.74) is 2.06. The molecule has 0 spiro atoms. The average molecular weight is 318 g/mol. The van der Waals surface area contributed by atoms with Crippen molar-refractivity contribution in [3.63, 3.8) is 0 Å². The molecule has 8 heteroatoms. The Kier molecular flexibility index (Phi) is 6.04. The Balaban J connectivity index is 1.87. The number of nitrogens with one attached hydrogen (secondary N) is 1. The molecule has 0 aromatic carbocycles. The first-order valence-electron chi connectivity index (χ1n) is 7.43. The van der Waals surface area contributed by atoms with Crippen molar-refractivity contribution in [1.29, 1.82) is 0 Å². The number of anilines is 1. The van der Waals surface area contributed by atoms with Gasteiger partial charge >= 0.3 is 5.97 Å². The van der Waals surface area contributed by atoms with E-state index in [2.05, 4.69) is 25.1 Å². The van der Waals surface area contributed by atoms with E-state index in [1.165, 1.54) is 0 Å². The van der Waals surface area contributed by atoms with Crippen LogP contribution < -0.4 is 4.90 Å². The van der Waals surface area contributed by atoms with E-state index in [1.807, 2.05) is 13.1 Å². The number of hydrogen-bond acceptors (Lipinski definition) is 7. The van der Waals surface area contributed by atoms with Crippen LogP contribution >= 0.6 is 0 Å². The number of nitrogens with zero attached hydrogens (tertiary/aromatic N) is 5. The maximum absolute atomic E-state index is 11.5. The van der Waals surface area contributed by atoms with Crippen LogP contribution in [-0.2, 0) is 22.6 Å². The number of likely N-dealkylation sites (N-methyl/N-ethyl adjacent to an activating group) is 1. The lowest BCUT2D eigenvalue weighted by Gasteiger charge is -2.17. The van der Waals surface area contributed by atoms with Gasteiger partial charge in [0.2, 0.25) is 5.95 Å². The highest BCUT2D eigenvalue weighted by Crippen LogP contribution is 2.08. The number of carbonyl (C=O) groups is 1. The van der Waals surface area contributed by atoms with E-state index in [-0.39, 0.29) is 12.5 Å². The van der Waals surface area contributed by atoms with E-state index in [4.69, 9.17) is 4.74 Å². The Hall–Kier alpha value is -2.48. The highest BCUT2D eigenvalue weighted by molar-refractivity contribution is 5.74. The molecule has 0 atom stereocenters. The van der Waals surface area contributed by atoms with Crippen LogP contribution in [0.15, 0.2) is 24.7 Å². The van der Waals surface area contributed by atoms with Gasteiger partial charge in [-0.2, -0.15) is 5.10 Å². The largest absolute Gasteiger partial charge is 0.465 e. The molecule has 0 unspecified atom stereocenters. The Morgan fingerprint density at radius 3 is 2.61 bits per heavy atom. The third-order valence-electron chi connectivity index (χ3n) is 3.16. The number of H-pyrrole nitrogens is 1. The molecule has 0 saturated carbocycles. The second-order valence-electron chi connectivity index (χ2n) is 5.31. The molecule has 2 rings (SSSR count). The zero-order chi connectivity index (χ0) is 16.7. The highest BCUT2D eigenvalue weighted by atomic mass is 16.5. The first-order valence-corrected chi connectivity index (χ1v) is 7.43. The Morgan fingerprint density at radius 1 is 1.26 bits per heavy atom. The van der Waals surface area contributed by atoms with Crippen molar-refractivity contribution in [3.8, 4) is 0 Å². The van der Waals surface area contributed by atoms with Crippen LogP contribution in [0.1, 0.15) is 18.2 Å². The molecule has 0 aliphatic carbocycles. The Bertz CT molecular complexity index is 599. The molecule has 0 aliphatic heterocycles. The summed E-state index contributed by atoms with van der Waals surface area (Å²) in [6, 6.07) is 1.94. The summed E-state index contributed by atoms with van der Waals surface area (Å²) in [5.74, 6) is 0.208. The first kappa shape index (κ1) is 16.9. The van der Waals surface area contributed by atoms with Crippen molar-refractivity contribution in [2.24, 2.45) is 0 Å². The molecule has 0 bridgehead atoms. The maximum Gasteiger partial charge on any atom is 0.325 e. The van der Waals surface area contributed by atoms with Crippen LogP contribution in [0.3, 0.4) is 0 Å². The number of rotatable bonds is 8. The van der Waals surface area contributed by atoms with Gasteiger partial charge in [-0.05, 0) is 20.0 Å². The Morgan fingerprint density at radius 2 is 2.00 bits per heavy atom. The number of aromatic nitrogens is 4. The van der Waals surface area contributed by atoms with Crippen molar-refractivity contribution in [2.75, 3.05) is 32.1 Å². The van der Waals surface area contributed by atoms with Gasteiger partial charge in [-0.1, -0.05) is 0 Å². The lowest BCUT2D eigenvalue weighted by atomic mass is 10.3. The average Bonchev–Trinajstić information content (AvgIpc) is 3.00. The molecular weight excluding hydrogens is 296 g/mol. The monoisotopic (exact) mass is 318 g/mol. The lowest BCUT2D eigenvalue weighted by Crippen LogP contribution is -2.28. The van der Waals surface area contributed by atoms with Gasteiger partial charge in [-0.25, -0.2) is 9.97 Å². The SMILES string of the molecule is CCOC(=O)CN(C)c1ncc(CN(C)Cc2ccn[nH]2)cn1. The van der Waals surface area contributed by atoms with Gasteiger partial charge < -0.3 is 9.64 Å². The van der Waals surface area contributed by atoms with Crippen molar-refractivity contribution < 1.29 is 9.53 Å². The summed E-state index contributed by atoms with van der Waals surface area (Å²) in [4.78, 5) is 23.9. The van der Waals surface area contributed by atoms with Gasteiger partial charge in [0.25, 0.3) is 0 Å². The summed E-state index contributed by atoms with van der Waals surface area (Å²) >= 11 is 0. The van der Waals surface area contributed by atoms with Gasteiger partial charge in [0.15, 0.2) is 0 Å². The molecule has 1 N–H and O–H groups in total. The van der Waals surface area contributed by atoms with Crippen molar-refractivity contribution >= 4 is 11.9 Å². The molecule has 0 fully saturated rings. The van der Waals surface area contributed by atoms with Crippen LogP contribution in [0.25, 0.3) is 0 Å². The first-order chi connectivity index (χ1) is 11.1. The fourth-order valence-electron chi connectivity index (χ4n) is 2.13. The van der Waals surface area contributed by atoms with E-state index < -0.39 is 0 Å². The summed E-state index contributed by atoms with van der Waals surface area (Å²) in [5, 5.41) is 6.86. The molecule has 2 heterocycles. The number of ether oxygens (including phenoxy) is 1.